The first-order chi connectivity index (χ1) is 9.65. The van der Waals surface area contributed by atoms with E-state index in [1.807, 2.05) is 42.6 Å². The van der Waals surface area contributed by atoms with Crippen LogP contribution in [-0.2, 0) is 11.2 Å². The first-order valence-corrected chi connectivity index (χ1v) is 6.98. The van der Waals surface area contributed by atoms with Crippen LogP contribution in [0, 0.1) is 6.92 Å². The van der Waals surface area contributed by atoms with Gasteiger partial charge >= 0.3 is 0 Å². The van der Waals surface area contributed by atoms with Crippen LogP contribution < -0.4 is 5.32 Å². The van der Waals surface area contributed by atoms with E-state index in [1.165, 1.54) is 0 Å². The molecular weight excluding hydrogens is 254 g/mol. The van der Waals surface area contributed by atoms with Gasteiger partial charge in [-0.3, -0.25) is 4.79 Å². The van der Waals surface area contributed by atoms with Crippen LogP contribution in [0.5, 0.6) is 0 Å². The lowest BCUT2D eigenvalue weighted by molar-refractivity contribution is -0.122. The summed E-state index contributed by atoms with van der Waals surface area (Å²) in [7, 11) is 0. The van der Waals surface area contributed by atoms with Crippen molar-refractivity contribution in [1.82, 2.24) is 14.7 Å². The van der Waals surface area contributed by atoms with Crippen molar-refractivity contribution in [2.45, 2.75) is 39.2 Å². The van der Waals surface area contributed by atoms with Crippen molar-refractivity contribution >= 4 is 11.6 Å². The standard InChI is InChI=1S/C15H21N3O2/c1-3-12(10-19)17-15(20)8-7-13-11(2)16-14-6-4-5-9-18(13)14/h4-6,9,12,19H,3,7-8,10H2,1-2H3,(H,17,20). The number of nitrogens with zero attached hydrogens (tertiary/aromatic N) is 2. The molecule has 0 saturated carbocycles. The van der Waals surface area contributed by atoms with Gasteiger partial charge in [-0.15, -0.1) is 0 Å². The largest absolute Gasteiger partial charge is 0.394 e. The molecule has 0 bridgehead atoms. The lowest BCUT2D eigenvalue weighted by atomic mass is 10.1. The van der Waals surface area contributed by atoms with E-state index in [1.54, 1.807) is 0 Å². The third kappa shape index (κ3) is 3.17. The van der Waals surface area contributed by atoms with E-state index < -0.39 is 0 Å². The molecule has 2 aromatic rings. The molecule has 1 atom stereocenters. The Morgan fingerprint density at radius 1 is 1.50 bits per heavy atom. The lowest BCUT2D eigenvalue weighted by Crippen LogP contribution is -2.37. The number of amides is 1. The fourth-order valence-electron chi connectivity index (χ4n) is 2.27. The molecule has 0 aliphatic carbocycles. The molecule has 1 unspecified atom stereocenters. The highest BCUT2D eigenvalue weighted by atomic mass is 16.3. The Morgan fingerprint density at radius 3 is 3.00 bits per heavy atom. The van der Waals surface area contributed by atoms with Gasteiger partial charge in [0.25, 0.3) is 0 Å². The molecule has 0 aliphatic heterocycles. The molecule has 5 nitrogen and oxygen atoms in total. The maximum atomic E-state index is 11.9. The van der Waals surface area contributed by atoms with E-state index in [0.29, 0.717) is 12.8 Å². The quantitative estimate of drug-likeness (QED) is 0.839. The van der Waals surface area contributed by atoms with Crippen molar-refractivity contribution in [2.75, 3.05) is 6.61 Å². The van der Waals surface area contributed by atoms with Gasteiger partial charge in [-0.25, -0.2) is 4.98 Å². The molecule has 2 N–H and O–H groups in total. The predicted octanol–water partition coefficient (Wildman–Crippen LogP) is 1.46. The molecule has 2 rings (SSSR count). The molecule has 2 heterocycles. The average molecular weight is 275 g/mol. The van der Waals surface area contributed by atoms with Gasteiger partial charge in [0.2, 0.25) is 5.91 Å². The van der Waals surface area contributed by atoms with E-state index in [2.05, 4.69) is 10.3 Å². The zero-order chi connectivity index (χ0) is 14.5. The van der Waals surface area contributed by atoms with Gasteiger partial charge in [0.15, 0.2) is 0 Å². The Bertz CT molecular complexity index is 588. The number of aromatic nitrogens is 2. The van der Waals surface area contributed by atoms with Gasteiger partial charge in [0.1, 0.15) is 5.65 Å². The summed E-state index contributed by atoms with van der Waals surface area (Å²) in [6.07, 6.45) is 3.74. The molecule has 1 amide bonds. The SMILES string of the molecule is CCC(CO)NC(=O)CCc1c(C)nc2ccccn12. The highest BCUT2D eigenvalue weighted by Crippen LogP contribution is 2.13. The van der Waals surface area contributed by atoms with Crippen molar-refractivity contribution in [2.24, 2.45) is 0 Å². The molecular formula is C15H21N3O2. The first-order valence-electron chi connectivity index (χ1n) is 6.98. The minimum Gasteiger partial charge on any atom is -0.394 e. The monoisotopic (exact) mass is 275 g/mol. The van der Waals surface area contributed by atoms with Crippen molar-refractivity contribution in [3.63, 3.8) is 0 Å². The highest BCUT2D eigenvalue weighted by molar-refractivity contribution is 5.76. The van der Waals surface area contributed by atoms with Crippen LogP contribution in [0.25, 0.3) is 5.65 Å². The molecule has 0 aromatic carbocycles. The van der Waals surface area contributed by atoms with Gasteiger partial charge in [-0.2, -0.15) is 0 Å². The topological polar surface area (TPSA) is 66.6 Å². The molecule has 5 heteroatoms. The fourth-order valence-corrected chi connectivity index (χ4v) is 2.27. The Morgan fingerprint density at radius 2 is 2.30 bits per heavy atom. The van der Waals surface area contributed by atoms with Crippen molar-refractivity contribution in [3.05, 3.63) is 35.8 Å². The summed E-state index contributed by atoms with van der Waals surface area (Å²) < 4.78 is 2.02. The van der Waals surface area contributed by atoms with Gasteiger partial charge in [-0.1, -0.05) is 13.0 Å². The number of aliphatic hydroxyl groups excluding tert-OH is 1. The third-order valence-electron chi connectivity index (χ3n) is 3.50. The molecule has 0 aliphatic rings. The molecule has 108 valence electrons. The van der Waals surface area contributed by atoms with Crippen molar-refractivity contribution < 1.29 is 9.90 Å². The average Bonchev–Trinajstić information content (AvgIpc) is 2.78. The second kappa shape index (κ2) is 6.52. The summed E-state index contributed by atoms with van der Waals surface area (Å²) in [6.45, 7) is 3.88. The number of pyridine rings is 1. The van der Waals surface area contributed by atoms with Crippen LogP contribution in [0.4, 0.5) is 0 Å². The van der Waals surface area contributed by atoms with Crippen LogP contribution >= 0.6 is 0 Å². The number of imidazole rings is 1. The second-order valence-electron chi connectivity index (χ2n) is 4.93. The molecule has 0 saturated heterocycles. The highest BCUT2D eigenvalue weighted by Gasteiger charge is 2.12. The molecule has 0 spiro atoms. The van der Waals surface area contributed by atoms with E-state index in [0.717, 1.165) is 23.5 Å². The van der Waals surface area contributed by atoms with Gasteiger partial charge < -0.3 is 14.8 Å². The number of rotatable bonds is 6. The van der Waals surface area contributed by atoms with Crippen LogP contribution in [0.2, 0.25) is 0 Å². The molecule has 0 fully saturated rings. The minimum absolute atomic E-state index is 0.0170. The number of carbonyl (C=O) groups excluding carboxylic acids is 1. The summed E-state index contributed by atoms with van der Waals surface area (Å²) >= 11 is 0. The maximum Gasteiger partial charge on any atom is 0.220 e. The minimum atomic E-state index is -0.147. The summed E-state index contributed by atoms with van der Waals surface area (Å²) in [6, 6.07) is 5.71. The fraction of sp³-hybridized carbons (Fsp3) is 0.467. The second-order valence-corrected chi connectivity index (χ2v) is 4.93. The molecule has 20 heavy (non-hydrogen) atoms. The van der Waals surface area contributed by atoms with E-state index in [9.17, 15) is 4.79 Å². The Balaban J connectivity index is 2.02. The number of aliphatic hydroxyl groups is 1. The first kappa shape index (κ1) is 14.5. The van der Waals surface area contributed by atoms with Crippen LogP contribution in [0.15, 0.2) is 24.4 Å². The summed E-state index contributed by atoms with van der Waals surface area (Å²) in [5.41, 5.74) is 2.92. The van der Waals surface area contributed by atoms with Gasteiger partial charge in [0, 0.05) is 18.3 Å². The van der Waals surface area contributed by atoms with Gasteiger partial charge in [-0.05, 0) is 31.9 Å². The van der Waals surface area contributed by atoms with Crippen molar-refractivity contribution in [3.8, 4) is 0 Å². The number of hydrogen-bond acceptors (Lipinski definition) is 3. The number of fused-ring (bicyclic) bond motifs is 1. The Hall–Kier alpha value is -1.88. The molecule has 0 radical (unpaired) electrons. The number of hydrogen-bond donors (Lipinski definition) is 2. The van der Waals surface area contributed by atoms with Crippen LogP contribution in [0.1, 0.15) is 31.2 Å². The maximum absolute atomic E-state index is 11.9. The van der Waals surface area contributed by atoms with E-state index in [-0.39, 0.29) is 18.6 Å². The van der Waals surface area contributed by atoms with Crippen molar-refractivity contribution in [1.29, 1.82) is 0 Å². The van der Waals surface area contributed by atoms with E-state index in [4.69, 9.17) is 5.11 Å². The third-order valence-corrected chi connectivity index (χ3v) is 3.50. The van der Waals surface area contributed by atoms with Crippen LogP contribution in [-0.4, -0.2) is 33.0 Å². The zero-order valence-electron chi connectivity index (χ0n) is 12.0. The Labute approximate surface area is 118 Å². The Kier molecular flexibility index (Phi) is 4.74. The van der Waals surface area contributed by atoms with Crippen LogP contribution in [0.3, 0.4) is 0 Å². The zero-order valence-corrected chi connectivity index (χ0v) is 12.0. The smallest absolute Gasteiger partial charge is 0.220 e. The summed E-state index contributed by atoms with van der Waals surface area (Å²) in [5.74, 6) is -0.0313. The number of aryl methyl sites for hydroxylation is 2. The van der Waals surface area contributed by atoms with Gasteiger partial charge in [0.05, 0.1) is 18.3 Å². The van der Waals surface area contributed by atoms with E-state index >= 15 is 0 Å². The summed E-state index contributed by atoms with van der Waals surface area (Å²) in [5, 5.41) is 11.9. The summed E-state index contributed by atoms with van der Waals surface area (Å²) in [4.78, 5) is 16.3. The molecule has 2 aromatic heterocycles. The predicted molar refractivity (Wildman–Crippen MR) is 77.6 cm³/mol. The lowest BCUT2D eigenvalue weighted by Gasteiger charge is -2.13. The number of nitrogens with one attached hydrogen (secondary N) is 1. The number of carbonyl (C=O) groups is 1. The normalized spacial score (nSPS) is 12.6.